The fourth-order valence-electron chi connectivity index (χ4n) is 2.43. The van der Waals surface area contributed by atoms with Crippen LogP contribution in [0.25, 0.3) is 21.8 Å². The average Bonchev–Trinajstić information content (AvgIpc) is 2.95. The highest BCUT2D eigenvalue weighted by molar-refractivity contribution is 5.91. The predicted molar refractivity (Wildman–Crippen MR) is 83.7 cm³/mol. The smallest absolute Gasteiger partial charge is 0.141 e. The van der Waals surface area contributed by atoms with Crippen molar-refractivity contribution in [1.29, 1.82) is 0 Å². The minimum Gasteiger partial charge on any atom is -0.361 e. The first kappa shape index (κ1) is 11.8. The molecule has 0 atom stereocenters. The number of aromatic nitrogens is 4. The van der Waals surface area contributed by atoms with Gasteiger partial charge in [0.05, 0.1) is 11.7 Å². The monoisotopic (exact) mass is 275 g/mol. The molecule has 0 aliphatic carbocycles. The molecule has 1 aromatic carbocycles. The lowest BCUT2D eigenvalue weighted by Gasteiger charge is -2.08. The van der Waals surface area contributed by atoms with Gasteiger partial charge >= 0.3 is 0 Å². The molecule has 0 saturated heterocycles. The van der Waals surface area contributed by atoms with E-state index in [0.717, 1.165) is 39.0 Å². The largest absolute Gasteiger partial charge is 0.361 e. The molecule has 0 radical (unpaired) electrons. The zero-order valence-corrected chi connectivity index (χ0v) is 11.5. The van der Waals surface area contributed by atoms with Crippen LogP contribution in [0.15, 0.2) is 49.1 Å². The van der Waals surface area contributed by atoms with E-state index in [1.54, 1.807) is 12.5 Å². The van der Waals surface area contributed by atoms with E-state index in [0.29, 0.717) is 0 Å². The molecule has 4 aromatic rings. The number of aromatic amines is 1. The van der Waals surface area contributed by atoms with Crippen LogP contribution in [0.3, 0.4) is 0 Å². The third-order valence-corrected chi connectivity index (χ3v) is 3.47. The number of benzene rings is 1. The lowest BCUT2D eigenvalue weighted by molar-refractivity contribution is 1.17. The number of H-pyrrole nitrogens is 1. The first-order chi connectivity index (χ1) is 10.3. The van der Waals surface area contributed by atoms with Gasteiger partial charge in [0.25, 0.3) is 0 Å². The molecule has 0 amide bonds. The van der Waals surface area contributed by atoms with Gasteiger partial charge in [0.1, 0.15) is 12.1 Å². The average molecular weight is 275 g/mol. The molecule has 0 unspecified atom stereocenters. The van der Waals surface area contributed by atoms with E-state index in [-0.39, 0.29) is 0 Å². The van der Waals surface area contributed by atoms with Gasteiger partial charge in [-0.15, -0.1) is 0 Å². The fourth-order valence-corrected chi connectivity index (χ4v) is 2.43. The van der Waals surface area contributed by atoms with Gasteiger partial charge in [0.15, 0.2) is 0 Å². The highest BCUT2D eigenvalue weighted by atomic mass is 15.0. The van der Waals surface area contributed by atoms with E-state index < -0.39 is 0 Å². The molecule has 5 nitrogen and oxygen atoms in total. The van der Waals surface area contributed by atoms with Crippen LogP contribution in [0.1, 0.15) is 5.69 Å². The van der Waals surface area contributed by atoms with Crippen LogP contribution in [0, 0.1) is 6.92 Å². The Labute approximate surface area is 121 Å². The molecule has 0 aliphatic heterocycles. The summed E-state index contributed by atoms with van der Waals surface area (Å²) in [6, 6.07) is 10.2. The van der Waals surface area contributed by atoms with Crippen molar-refractivity contribution in [3.05, 3.63) is 54.7 Å². The molecule has 2 N–H and O–H groups in total. The summed E-state index contributed by atoms with van der Waals surface area (Å²) in [5.41, 5.74) is 3.90. The number of aryl methyl sites for hydroxylation is 1. The highest BCUT2D eigenvalue weighted by Crippen LogP contribution is 2.25. The number of pyridine rings is 1. The maximum Gasteiger partial charge on any atom is 0.141 e. The summed E-state index contributed by atoms with van der Waals surface area (Å²) < 4.78 is 0. The van der Waals surface area contributed by atoms with Crippen LogP contribution < -0.4 is 5.32 Å². The first-order valence-corrected chi connectivity index (χ1v) is 6.71. The lowest BCUT2D eigenvalue weighted by atomic mass is 10.2. The molecular weight excluding hydrogens is 262 g/mol. The van der Waals surface area contributed by atoms with Gasteiger partial charge < -0.3 is 10.3 Å². The third-order valence-electron chi connectivity index (χ3n) is 3.47. The molecule has 0 saturated carbocycles. The van der Waals surface area contributed by atoms with Crippen LogP contribution in [0.5, 0.6) is 0 Å². The Kier molecular flexibility index (Phi) is 2.57. The van der Waals surface area contributed by atoms with Gasteiger partial charge in [0, 0.05) is 33.9 Å². The van der Waals surface area contributed by atoms with Gasteiger partial charge in [-0.05, 0) is 37.3 Å². The zero-order chi connectivity index (χ0) is 14.2. The SMILES string of the molecule is Cc1cc2c(Nc3ccc4[nH]ccc4c3)ncnc2cn1. The van der Waals surface area contributed by atoms with Crippen LogP contribution >= 0.6 is 0 Å². The summed E-state index contributed by atoms with van der Waals surface area (Å²) >= 11 is 0. The van der Waals surface area contributed by atoms with E-state index in [1.165, 1.54) is 0 Å². The molecule has 4 rings (SSSR count). The summed E-state index contributed by atoms with van der Waals surface area (Å²) in [5.74, 6) is 0.792. The predicted octanol–water partition coefficient (Wildman–Crippen LogP) is 3.56. The Morgan fingerprint density at radius 2 is 2.00 bits per heavy atom. The maximum absolute atomic E-state index is 4.35. The van der Waals surface area contributed by atoms with Crippen molar-refractivity contribution in [3.8, 4) is 0 Å². The second-order valence-electron chi connectivity index (χ2n) is 4.97. The summed E-state index contributed by atoms with van der Waals surface area (Å²) in [5, 5.41) is 5.50. The second kappa shape index (κ2) is 4.56. The summed E-state index contributed by atoms with van der Waals surface area (Å²) in [6.07, 6.45) is 5.26. The Morgan fingerprint density at radius 3 is 2.95 bits per heavy atom. The van der Waals surface area contributed by atoms with Crippen LogP contribution in [-0.4, -0.2) is 19.9 Å². The number of hydrogen-bond donors (Lipinski definition) is 2. The minimum absolute atomic E-state index is 0.792. The van der Waals surface area contributed by atoms with Crippen molar-refractivity contribution in [2.45, 2.75) is 6.92 Å². The quantitative estimate of drug-likeness (QED) is 0.587. The molecule has 102 valence electrons. The summed E-state index contributed by atoms with van der Waals surface area (Å²) in [6.45, 7) is 1.96. The fraction of sp³-hybridized carbons (Fsp3) is 0.0625. The Hall–Kier alpha value is -2.95. The molecule has 21 heavy (non-hydrogen) atoms. The van der Waals surface area contributed by atoms with Crippen molar-refractivity contribution < 1.29 is 0 Å². The maximum atomic E-state index is 4.35. The minimum atomic E-state index is 0.792. The van der Waals surface area contributed by atoms with Crippen LogP contribution in [-0.2, 0) is 0 Å². The van der Waals surface area contributed by atoms with E-state index in [2.05, 4.69) is 31.3 Å². The number of nitrogens with one attached hydrogen (secondary N) is 2. The molecule has 0 spiro atoms. The lowest BCUT2D eigenvalue weighted by Crippen LogP contribution is -1.97. The van der Waals surface area contributed by atoms with E-state index in [4.69, 9.17) is 0 Å². The first-order valence-electron chi connectivity index (χ1n) is 6.71. The standard InChI is InChI=1S/C16H13N5/c1-10-6-13-15(8-18-10)19-9-20-16(13)21-12-2-3-14-11(7-12)4-5-17-14/h2-9,17H,1H3,(H,19,20,21). The van der Waals surface area contributed by atoms with Gasteiger partial charge in [-0.1, -0.05) is 0 Å². The Morgan fingerprint density at radius 1 is 1.05 bits per heavy atom. The Bertz CT molecular complexity index is 942. The van der Waals surface area contributed by atoms with E-state index >= 15 is 0 Å². The van der Waals surface area contributed by atoms with Crippen molar-refractivity contribution in [1.82, 2.24) is 19.9 Å². The number of nitrogens with zero attached hydrogens (tertiary/aromatic N) is 3. The number of fused-ring (bicyclic) bond motifs is 2. The summed E-state index contributed by atoms with van der Waals surface area (Å²) in [4.78, 5) is 16.1. The van der Waals surface area contributed by atoms with E-state index in [1.807, 2.05) is 37.4 Å². The number of anilines is 2. The normalized spacial score (nSPS) is 11.1. The zero-order valence-electron chi connectivity index (χ0n) is 11.5. The van der Waals surface area contributed by atoms with Crippen LogP contribution in [0.4, 0.5) is 11.5 Å². The number of hydrogen-bond acceptors (Lipinski definition) is 4. The van der Waals surface area contributed by atoms with Gasteiger partial charge in [-0.2, -0.15) is 0 Å². The van der Waals surface area contributed by atoms with E-state index in [9.17, 15) is 0 Å². The molecule has 0 bridgehead atoms. The Balaban J connectivity index is 1.81. The van der Waals surface area contributed by atoms with Crippen molar-refractivity contribution in [2.24, 2.45) is 0 Å². The molecule has 3 aromatic heterocycles. The molecule has 0 aliphatic rings. The van der Waals surface area contributed by atoms with Crippen molar-refractivity contribution in [2.75, 3.05) is 5.32 Å². The van der Waals surface area contributed by atoms with Gasteiger partial charge in [-0.3, -0.25) is 4.98 Å². The third kappa shape index (κ3) is 2.08. The number of rotatable bonds is 2. The summed E-state index contributed by atoms with van der Waals surface area (Å²) in [7, 11) is 0. The molecule has 3 heterocycles. The van der Waals surface area contributed by atoms with Crippen LogP contribution in [0.2, 0.25) is 0 Å². The van der Waals surface area contributed by atoms with Crippen molar-refractivity contribution in [3.63, 3.8) is 0 Å². The second-order valence-corrected chi connectivity index (χ2v) is 4.97. The molecule has 5 heteroatoms. The van der Waals surface area contributed by atoms with Gasteiger partial charge in [-0.25, -0.2) is 9.97 Å². The van der Waals surface area contributed by atoms with Crippen molar-refractivity contribution >= 4 is 33.3 Å². The molecular formula is C16H13N5. The topological polar surface area (TPSA) is 66.5 Å². The van der Waals surface area contributed by atoms with Gasteiger partial charge in [0.2, 0.25) is 0 Å². The highest BCUT2D eigenvalue weighted by Gasteiger charge is 2.05. The molecule has 0 fully saturated rings.